The Kier molecular flexibility index (Phi) is 4.47. The molecule has 2 aromatic carbocycles. The maximum Gasteiger partial charge on any atom is 0.274 e. The van der Waals surface area contributed by atoms with Crippen molar-refractivity contribution in [3.8, 4) is 0 Å². The fraction of sp³-hybridized carbons (Fsp3) is 0.261. The summed E-state index contributed by atoms with van der Waals surface area (Å²) in [6, 6.07) is 12.4. The zero-order valence-corrected chi connectivity index (χ0v) is 16.6. The Hall–Kier alpha value is -2.99. The lowest BCUT2D eigenvalue weighted by Gasteiger charge is -2.31. The molecule has 0 aromatic heterocycles. The Balaban J connectivity index is 1.56. The molecule has 4 atom stereocenters. The Morgan fingerprint density at radius 1 is 1.00 bits per heavy atom. The standard InChI is InChI=1S/C23H18ClFN2O3/c24-17-7-3-2-6-16(17)21(28)26(12-15-5-1-4-8-18(15)25)27-22(29)19-13-9-10-14(11-13)20(19)23(27)30/h1-10,13-14,19-20H,11-12H2. The third-order valence-corrected chi connectivity index (χ3v) is 6.63. The van der Waals surface area contributed by atoms with Crippen molar-refractivity contribution >= 4 is 29.3 Å². The van der Waals surface area contributed by atoms with E-state index in [1.807, 2.05) is 12.2 Å². The highest BCUT2D eigenvalue weighted by atomic mass is 35.5. The molecule has 1 heterocycles. The number of amides is 3. The van der Waals surface area contributed by atoms with Gasteiger partial charge >= 0.3 is 0 Å². The van der Waals surface area contributed by atoms with Gasteiger partial charge in [0.1, 0.15) is 5.82 Å². The minimum Gasteiger partial charge on any atom is -0.272 e. The molecular formula is C23H18ClFN2O3. The van der Waals surface area contributed by atoms with Gasteiger partial charge in [0.2, 0.25) is 0 Å². The molecule has 4 unspecified atom stereocenters. The third-order valence-electron chi connectivity index (χ3n) is 6.31. The van der Waals surface area contributed by atoms with E-state index in [4.69, 9.17) is 11.6 Å². The lowest BCUT2D eigenvalue weighted by Crippen LogP contribution is -2.50. The number of halogens is 2. The summed E-state index contributed by atoms with van der Waals surface area (Å²) in [6.45, 7) is -0.254. The first-order chi connectivity index (χ1) is 14.5. The monoisotopic (exact) mass is 424 g/mol. The summed E-state index contributed by atoms with van der Waals surface area (Å²) < 4.78 is 14.4. The van der Waals surface area contributed by atoms with Gasteiger partial charge in [-0.2, -0.15) is 5.01 Å². The van der Waals surface area contributed by atoms with Crippen molar-refractivity contribution in [2.75, 3.05) is 0 Å². The number of nitrogens with zero attached hydrogens (tertiary/aromatic N) is 2. The minimum atomic E-state index is -0.620. The normalized spacial score (nSPS) is 26.4. The maximum absolute atomic E-state index is 14.4. The highest BCUT2D eigenvalue weighted by molar-refractivity contribution is 6.33. The summed E-state index contributed by atoms with van der Waals surface area (Å²) in [5.41, 5.74) is 0.353. The molecule has 0 N–H and O–H groups in total. The molecule has 1 saturated carbocycles. The van der Waals surface area contributed by atoms with Gasteiger partial charge in [-0.05, 0) is 36.5 Å². The zero-order valence-electron chi connectivity index (χ0n) is 15.9. The predicted molar refractivity (Wildman–Crippen MR) is 107 cm³/mol. The third kappa shape index (κ3) is 2.78. The number of rotatable bonds is 4. The summed E-state index contributed by atoms with van der Waals surface area (Å²) in [6.07, 6.45) is 4.75. The van der Waals surface area contributed by atoms with Crippen LogP contribution in [-0.2, 0) is 16.1 Å². The number of hydrogen-bond donors (Lipinski definition) is 0. The molecule has 2 bridgehead atoms. The Morgan fingerprint density at radius 2 is 1.60 bits per heavy atom. The first-order valence-electron chi connectivity index (χ1n) is 9.83. The van der Waals surface area contributed by atoms with Crippen LogP contribution in [0.2, 0.25) is 5.02 Å². The average molecular weight is 425 g/mol. The number of fused-ring (bicyclic) bond motifs is 5. The van der Waals surface area contributed by atoms with Crippen LogP contribution < -0.4 is 0 Å². The predicted octanol–water partition coefficient (Wildman–Crippen LogP) is 3.84. The van der Waals surface area contributed by atoms with Gasteiger partial charge in [0.25, 0.3) is 17.7 Å². The smallest absolute Gasteiger partial charge is 0.272 e. The Labute approximate surface area is 177 Å². The van der Waals surface area contributed by atoms with Crippen LogP contribution in [0, 0.1) is 29.5 Å². The molecule has 2 aliphatic carbocycles. The number of benzene rings is 2. The SMILES string of the molecule is O=C(c1ccccc1Cl)N(Cc1ccccc1F)N1C(=O)C2C3C=CC(C3)C2C1=O. The van der Waals surface area contributed by atoms with E-state index in [2.05, 4.69) is 0 Å². The molecule has 5 nitrogen and oxygen atoms in total. The number of hydrogen-bond acceptors (Lipinski definition) is 3. The van der Waals surface area contributed by atoms with Crippen LogP contribution >= 0.6 is 11.6 Å². The van der Waals surface area contributed by atoms with Crippen molar-refractivity contribution < 1.29 is 18.8 Å². The van der Waals surface area contributed by atoms with Gasteiger partial charge < -0.3 is 0 Å². The topological polar surface area (TPSA) is 57.7 Å². The fourth-order valence-corrected chi connectivity index (χ4v) is 5.14. The molecule has 2 fully saturated rings. The van der Waals surface area contributed by atoms with Crippen molar-refractivity contribution in [1.82, 2.24) is 10.0 Å². The molecule has 0 radical (unpaired) electrons. The van der Waals surface area contributed by atoms with Crippen LogP contribution in [0.15, 0.2) is 60.7 Å². The number of hydrazine groups is 1. The van der Waals surface area contributed by atoms with Crippen molar-refractivity contribution in [2.45, 2.75) is 13.0 Å². The van der Waals surface area contributed by atoms with E-state index >= 15 is 0 Å². The van der Waals surface area contributed by atoms with Gasteiger partial charge in [-0.1, -0.05) is 54.1 Å². The Bertz CT molecular complexity index is 1070. The summed E-state index contributed by atoms with van der Waals surface area (Å²) in [5.74, 6) is -2.86. The molecule has 5 rings (SSSR count). The molecule has 1 saturated heterocycles. The van der Waals surface area contributed by atoms with Crippen molar-refractivity contribution in [1.29, 1.82) is 0 Å². The quantitative estimate of drug-likeness (QED) is 0.553. The van der Waals surface area contributed by atoms with Crippen molar-refractivity contribution in [3.05, 3.63) is 82.6 Å². The van der Waals surface area contributed by atoms with E-state index in [1.165, 1.54) is 18.2 Å². The van der Waals surface area contributed by atoms with Crippen LogP contribution in [0.5, 0.6) is 0 Å². The molecular weight excluding hydrogens is 407 g/mol. The first-order valence-corrected chi connectivity index (χ1v) is 10.2. The van der Waals surface area contributed by atoms with E-state index in [-0.39, 0.29) is 34.5 Å². The molecule has 3 amide bonds. The molecule has 152 valence electrons. The highest BCUT2D eigenvalue weighted by Gasteiger charge is 2.61. The molecule has 7 heteroatoms. The van der Waals surface area contributed by atoms with Crippen LogP contribution in [0.4, 0.5) is 4.39 Å². The van der Waals surface area contributed by atoms with Crippen molar-refractivity contribution in [3.63, 3.8) is 0 Å². The van der Waals surface area contributed by atoms with Crippen LogP contribution in [-0.4, -0.2) is 27.7 Å². The molecule has 2 aromatic rings. The molecule has 3 aliphatic rings. The second-order valence-electron chi connectivity index (χ2n) is 7.92. The summed E-state index contributed by atoms with van der Waals surface area (Å²) in [5, 5.41) is 2.17. The zero-order chi connectivity index (χ0) is 21.0. The largest absolute Gasteiger partial charge is 0.274 e. The van der Waals surface area contributed by atoms with E-state index < -0.39 is 35.4 Å². The van der Waals surface area contributed by atoms with Gasteiger partial charge in [0, 0.05) is 5.56 Å². The lowest BCUT2D eigenvalue weighted by molar-refractivity contribution is -0.156. The lowest BCUT2D eigenvalue weighted by atomic mass is 9.85. The van der Waals surface area contributed by atoms with Crippen LogP contribution in [0.25, 0.3) is 0 Å². The number of allylic oxidation sites excluding steroid dienone is 2. The number of imide groups is 1. The van der Waals surface area contributed by atoms with Crippen LogP contribution in [0.3, 0.4) is 0 Å². The summed E-state index contributed by atoms with van der Waals surface area (Å²) in [4.78, 5) is 40.0. The van der Waals surface area contributed by atoms with Gasteiger partial charge in [0.05, 0.1) is 29.0 Å². The van der Waals surface area contributed by atoms with Crippen LogP contribution in [0.1, 0.15) is 22.3 Å². The van der Waals surface area contributed by atoms with Gasteiger partial charge in [-0.15, -0.1) is 0 Å². The van der Waals surface area contributed by atoms with Gasteiger partial charge in [-0.3, -0.25) is 14.4 Å². The summed E-state index contributed by atoms with van der Waals surface area (Å²) >= 11 is 6.21. The molecule has 1 aliphatic heterocycles. The van der Waals surface area contributed by atoms with Crippen molar-refractivity contribution in [2.24, 2.45) is 23.7 Å². The number of carbonyl (C=O) groups is 3. The van der Waals surface area contributed by atoms with Gasteiger partial charge in [-0.25, -0.2) is 9.40 Å². The number of carbonyl (C=O) groups excluding carboxylic acids is 3. The summed E-state index contributed by atoms with van der Waals surface area (Å²) in [7, 11) is 0. The second-order valence-corrected chi connectivity index (χ2v) is 8.33. The first kappa shape index (κ1) is 19.0. The van der Waals surface area contributed by atoms with E-state index in [9.17, 15) is 18.8 Å². The van der Waals surface area contributed by atoms with Gasteiger partial charge in [0.15, 0.2) is 0 Å². The van der Waals surface area contributed by atoms with E-state index in [0.29, 0.717) is 0 Å². The minimum absolute atomic E-state index is 0.00665. The molecule has 0 spiro atoms. The Morgan fingerprint density at radius 3 is 2.23 bits per heavy atom. The highest BCUT2D eigenvalue weighted by Crippen LogP contribution is 2.53. The fourth-order valence-electron chi connectivity index (χ4n) is 4.92. The second kappa shape index (κ2) is 7.06. The van der Waals surface area contributed by atoms with E-state index in [1.54, 1.807) is 30.3 Å². The maximum atomic E-state index is 14.4. The molecule has 30 heavy (non-hydrogen) atoms. The van der Waals surface area contributed by atoms with E-state index in [0.717, 1.165) is 16.4 Å². The average Bonchev–Trinajstić information content (AvgIpc) is 3.42.